The summed E-state index contributed by atoms with van der Waals surface area (Å²) >= 11 is 0. The standard InChI is InChI=1S/C21H37N5O2.HI/c1-6-17(2)25-20(27)19-10-7-9-18(15-19)16-24-21(22-3)23-11-13-26(4)12-8-14-28-5;/h7,9-10,15,17H,6,8,11-14,16H2,1-5H3,(H,25,27)(H2,22,23,24);1H. The summed E-state index contributed by atoms with van der Waals surface area (Å²) in [5.41, 5.74) is 1.72. The molecule has 0 aromatic heterocycles. The number of methoxy groups -OCH3 is 1. The Labute approximate surface area is 193 Å². The third-order valence-corrected chi connectivity index (χ3v) is 4.54. The van der Waals surface area contributed by atoms with Crippen molar-refractivity contribution in [2.75, 3.05) is 47.4 Å². The summed E-state index contributed by atoms with van der Waals surface area (Å²) in [4.78, 5) is 18.8. The lowest BCUT2D eigenvalue weighted by Gasteiger charge is -2.18. The molecule has 7 nitrogen and oxygen atoms in total. The van der Waals surface area contributed by atoms with Crippen LogP contribution in [0.2, 0.25) is 0 Å². The Morgan fingerprint density at radius 2 is 2.03 bits per heavy atom. The molecule has 1 aromatic carbocycles. The predicted molar refractivity (Wildman–Crippen MR) is 131 cm³/mol. The molecule has 3 N–H and O–H groups in total. The maximum atomic E-state index is 12.3. The molecule has 8 heteroatoms. The highest BCUT2D eigenvalue weighted by Crippen LogP contribution is 2.06. The fraction of sp³-hybridized carbons (Fsp3) is 0.619. The summed E-state index contributed by atoms with van der Waals surface area (Å²) in [6.07, 6.45) is 1.94. The molecule has 1 atom stereocenters. The van der Waals surface area contributed by atoms with E-state index in [2.05, 4.69) is 39.8 Å². The molecule has 0 saturated heterocycles. The SMILES string of the molecule is CCC(C)NC(=O)c1cccc(CNC(=NC)NCCN(C)CCCOC)c1.I. The maximum absolute atomic E-state index is 12.3. The van der Waals surface area contributed by atoms with Gasteiger partial charge < -0.3 is 25.6 Å². The Balaban J connectivity index is 0.00000784. The van der Waals surface area contributed by atoms with Crippen LogP contribution in [-0.2, 0) is 11.3 Å². The average Bonchev–Trinajstić information content (AvgIpc) is 2.70. The lowest BCUT2D eigenvalue weighted by molar-refractivity contribution is 0.0939. The molecule has 0 saturated carbocycles. The van der Waals surface area contributed by atoms with Gasteiger partial charge in [0.05, 0.1) is 0 Å². The van der Waals surface area contributed by atoms with Crippen molar-refractivity contribution in [2.45, 2.75) is 39.3 Å². The lowest BCUT2D eigenvalue weighted by Crippen LogP contribution is -2.40. The normalized spacial score (nSPS) is 12.3. The molecule has 0 bridgehead atoms. The van der Waals surface area contributed by atoms with Gasteiger partial charge in [-0.2, -0.15) is 0 Å². The van der Waals surface area contributed by atoms with E-state index in [0.717, 1.165) is 50.6 Å². The molecule has 0 spiro atoms. The molecule has 0 radical (unpaired) electrons. The molecule has 1 rings (SSSR count). The Kier molecular flexibility index (Phi) is 15.6. The fourth-order valence-corrected chi connectivity index (χ4v) is 2.59. The van der Waals surface area contributed by atoms with E-state index < -0.39 is 0 Å². The van der Waals surface area contributed by atoms with Crippen molar-refractivity contribution in [1.82, 2.24) is 20.9 Å². The third-order valence-electron chi connectivity index (χ3n) is 4.54. The minimum atomic E-state index is -0.0322. The maximum Gasteiger partial charge on any atom is 0.251 e. The van der Waals surface area contributed by atoms with Gasteiger partial charge in [-0.25, -0.2) is 0 Å². The van der Waals surface area contributed by atoms with Gasteiger partial charge in [0.1, 0.15) is 0 Å². The highest BCUT2D eigenvalue weighted by atomic mass is 127. The Morgan fingerprint density at radius 1 is 1.28 bits per heavy atom. The van der Waals surface area contributed by atoms with Gasteiger partial charge in [-0.1, -0.05) is 19.1 Å². The van der Waals surface area contributed by atoms with Gasteiger partial charge in [0.25, 0.3) is 5.91 Å². The number of amides is 1. The van der Waals surface area contributed by atoms with E-state index in [9.17, 15) is 4.79 Å². The quantitative estimate of drug-likeness (QED) is 0.171. The van der Waals surface area contributed by atoms with Crippen LogP contribution in [0.5, 0.6) is 0 Å². The van der Waals surface area contributed by atoms with E-state index in [1.54, 1.807) is 14.2 Å². The van der Waals surface area contributed by atoms with Crippen LogP contribution in [-0.4, -0.2) is 70.3 Å². The largest absolute Gasteiger partial charge is 0.385 e. The summed E-state index contributed by atoms with van der Waals surface area (Å²) < 4.78 is 5.08. The number of likely N-dealkylation sites (N-methyl/N-ethyl adjacent to an activating group) is 1. The summed E-state index contributed by atoms with van der Waals surface area (Å²) in [7, 11) is 5.59. The summed E-state index contributed by atoms with van der Waals surface area (Å²) in [5.74, 6) is 0.718. The molecule has 0 aliphatic rings. The van der Waals surface area contributed by atoms with E-state index in [1.807, 2.05) is 31.2 Å². The van der Waals surface area contributed by atoms with Crippen LogP contribution in [0.4, 0.5) is 0 Å². The van der Waals surface area contributed by atoms with Crippen LogP contribution in [0.3, 0.4) is 0 Å². The van der Waals surface area contributed by atoms with Gasteiger partial charge in [0.2, 0.25) is 0 Å². The number of hydrogen-bond donors (Lipinski definition) is 3. The Bertz CT molecular complexity index is 612. The molecular formula is C21H38IN5O2. The second-order valence-electron chi connectivity index (χ2n) is 6.99. The van der Waals surface area contributed by atoms with Crippen LogP contribution < -0.4 is 16.0 Å². The van der Waals surface area contributed by atoms with Crippen molar-refractivity contribution in [3.63, 3.8) is 0 Å². The van der Waals surface area contributed by atoms with Crippen LogP contribution in [0.1, 0.15) is 42.6 Å². The number of carbonyl (C=O) groups is 1. The highest BCUT2D eigenvalue weighted by Gasteiger charge is 2.09. The third kappa shape index (κ3) is 12.0. The van der Waals surface area contributed by atoms with Crippen molar-refractivity contribution in [1.29, 1.82) is 0 Å². The second-order valence-corrected chi connectivity index (χ2v) is 6.99. The summed E-state index contributed by atoms with van der Waals surface area (Å²) in [6, 6.07) is 7.84. The average molecular weight is 519 g/mol. The Hall–Kier alpha value is -1.39. The number of guanidine groups is 1. The van der Waals surface area contributed by atoms with Gasteiger partial charge >= 0.3 is 0 Å². The number of aliphatic imine (C=N–C) groups is 1. The zero-order chi connectivity index (χ0) is 20.8. The number of nitrogens with zero attached hydrogens (tertiary/aromatic N) is 2. The first-order valence-corrected chi connectivity index (χ1v) is 10.0. The van der Waals surface area contributed by atoms with E-state index in [4.69, 9.17) is 4.74 Å². The molecule has 29 heavy (non-hydrogen) atoms. The molecule has 1 amide bonds. The monoisotopic (exact) mass is 519 g/mol. The summed E-state index contributed by atoms with van der Waals surface area (Å²) in [6.45, 7) is 8.20. The van der Waals surface area contributed by atoms with Crippen molar-refractivity contribution in [3.05, 3.63) is 35.4 Å². The van der Waals surface area contributed by atoms with Crippen LogP contribution in [0.25, 0.3) is 0 Å². The van der Waals surface area contributed by atoms with Crippen LogP contribution in [0, 0.1) is 0 Å². The second kappa shape index (κ2) is 16.4. The van der Waals surface area contributed by atoms with Crippen molar-refractivity contribution < 1.29 is 9.53 Å². The van der Waals surface area contributed by atoms with E-state index in [1.165, 1.54) is 0 Å². The van der Waals surface area contributed by atoms with Crippen LogP contribution in [0.15, 0.2) is 29.3 Å². The Morgan fingerprint density at radius 3 is 2.69 bits per heavy atom. The first-order valence-electron chi connectivity index (χ1n) is 10.0. The first kappa shape index (κ1) is 27.6. The van der Waals surface area contributed by atoms with Crippen molar-refractivity contribution in [3.8, 4) is 0 Å². The highest BCUT2D eigenvalue weighted by molar-refractivity contribution is 14.0. The number of hydrogen-bond acceptors (Lipinski definition) is 4. The number of ether oxygens (including phenoxy) is 1. The van der Waals surface area contributed by atoms with E-state index in [0.29, 0.717) is 12.1 Å². The minimum Gasteiger partial charge on any atom is -0.385 e. The summed E-state index contributed by atoms with van der Waals surface area (Å²) in [5, 5.41) is 9.62. The van der Waals surface area contributed by atoms with Crippen LogP contribution >= 0.6 is 24.0 Å². The smallest absolute Gasteiger partial charge is 0.251 e. The fourth-order valence-electron chi connectivity index (χ4n) is 2.59. The number of rotatable bonds is 12. The molecule has 0 heterocycles. The number of carbonyl (C=O) groups excluding carboxylic acids is 1. The molecular weight excluding hydrogens is 481 g/mol. The van der Waals surface area contributed by atoms with Crippen molar-refractivity contribution >= 4 is 35.8 Å². The van der Waals surface area contributed by atoms with E-state index in [-0.39, 0.29) is 35.9 Å². The van der Waals surface area contributed by atoms with Gasteiger partial charge in [-0.05, 0) is 44.5 Å². The molecule has 166 valence electrons. The molecule has 1 aromatic rings. The van der Waals surface area contributed by atoms with Gasteiger partial charge in [0.15, 0.2) is 5.96 Å². The first-order chi connectivity index (χ1) is 13.5. The number of benzene rings is 1. The topological polar surface area (TPSA) is 78.0 Å². The molecule has 0 aliphatic carbocycles. The zero-order valence-corrected chi connectivity index (χ0v) is 20.8. The minimum absolute atomic E-state index is 0. The zero-order valence-electron chi connectivity index (χ0n) is 18.5. The molecule has 1 unspecified atom stereocenters. The molecule has 0 aliphatic heterocycles. The number of halogens is 1. The van der Waals surface area contributed by atoms with E-state index >= 15 is 0 Å². The number of nitrogens with one attached hydrogen (secondary N) is 3. The lowest BCUT2D eigenvalue weighted by atomic mass is 10.1. The van der Waals surface area contributed by atoms with Gasteiger partial charge in [-0.15, -0.1) is 24.0 Å². The van der Waals surface area contributed by atoms with Gasteiger partial charge in [-0.3, -0.25) is 9.79 Å². The van der Waals surface area contributed by atoms with Crippen molar-refractivity contribution in [2.24, 2.45) is 4.99 Å². The predicted octanol–water partition coefficient (Wildman–Crippen LogP) is 2.47. The van der Waals surface area contributed by atoms with Gasteiger partial charge in [0, 0.05) is 58.5 Å². The molecule has 0 fully saturated rings.